The van der Waals surface area contributed by atoms with Crippen LogP contribution in [0.1, 0.15) is 13.3 Å². The van der Waals surface area contributed by atoms with Crippen molar-refractivity contribution in [2.75, 3.05) is 33.5 Å². The van der Waals surface area contributed by atoms with Gasteiger partial charge in [-0.15, -0.1) is 0 Å². The van der Waals surface area contributed by atoms with Crippen molar-refractivity contribution >= 4 is 11.9 Å². The molecule has 0 saturated carbocycles. The number of hydrogen-bond donors (Lipinski definition) is 2. The fourth-order valence-corrected chi connectivity index (χ4v) is 1.80. The van der Waals surface area contributed by atoms with E-state index in [9.17, 15) is 9.59 Å². The van der Waals surface area contributed by atoms with E-state index in [0.29, 0.717) is 13.2 Å². The van der Waals surface area contributed by atoms with Crippen LogP contribution in [0.2, 0.25) is 0 Å². The highest BCUT2D eigenvalue weighted by atomic mass is 16.6. The molecule has 18 heavy (non-hydrogen) atoms. The van der Waals surface area contributed by atoms with Crippen molar-refractivity contribution in [2.24, 2.45) is 0 Å². The van der Waals surface area contributed by atoms with Gasteiger partial charge in [-0.05, 0) is 6.92 Å². The van der Waals surface area contributed by atoms with Crippen molar-refractivity contribution in [3.05, 3.63) is 0 Å². The second-order valence-corrected chi connectivity index (χ2v) is 4.49. The third-order valence-corrected chi connectivity index (χ3v) is 2.54. The number of rotatable bonds is 6. The van der Waals surface area contributed by atoms with E-state index in [2.05, 4.69) is 5.32 Å². The predicted octanol–water partition coefficient (Wildman–Crippen LogP) is -0.602. The summed E-state index contributed by atoms with van der Waals surface area (Å²) in [6, 6.07) is 0. The lowest BCUT2D eigenvalue weighted by molar-refractivity contribution is -0.151. The standard InChI is InChI=1S/C11H19NO6/c1-11(7-16-2,5-9(13)14)12-10(15)8-6-17-3-4-18-8/h8H,3-7H2,1-2H3,(H,12,15)(H,13,14). The van der Waals surface area contributed by atoms with Gasteiger partial charge in [0.2, 0.25) is 0 Å². The Kier molecular flexibility index (Phi) is 5.52. The number of nitrogens with one attached hydrogen (secondary N) is 1. The summed E-state index contributed by atoms with van der Waals surface area (Å²) in [5, 5.41) is 11.5. The monoisotopic (exact) mass is 261 g/mol. The normalized spacial score (nSPS) is 23.1. The molecule has 0 aromatic heterocycles. The predicted molar refractivity (Wildman–Crippen MR) is 61.2 cm³/mol. The maximum Gasteiger partial charge on any atom is 0.305 e. The van der Waals surface area contributed by atoms with Crippen LogP contribution >= 0.6 is 0 Å². The van der Waals surface area contributed by atoms with E-state index in [0.717, 1.165) is 0 Å². The molecule has 7 heteroatoms. The topological polar surface area (TPSA) is 94.1 Å². The first-order chi connectivity index (χ1) is 8.47. The van der Waals surface area contributed by atoms with Gasteiger partial charge in [0.25, 0.3) is 5.91 Å². The van der Waals surface area contributed by atoms with Crippen molar-refractivity contribution in [1.82, 2.24) is 5.32 Å². The van der Waals surface area contributed by atoms with Crippen LogP contribution in [0.5, 0.6) is 0 Å². The molecule has 1 aliphatic rings. The zero-order valence-corrected chi connectivity index (χ0v) is 10.6. The van der Waals surface area contributed by atoms with Crippen LogP contribution in [-0.4, -0.2) is 62.2 Å². The fraction of sp³-hybridized carbons (Fsp3) is 0.818. The number of hydrogen-bond acceptors (Lipinski definition) is 5. The van der Waals surface area contributed by atoms with E-state index >= 15 is 0 Å². The molecule has 2 unspecified atom stereocenters. The summed E-state index contributed by atoms with van der Waals surface area (Å²) in [6.07, 6.45) is -0.913. The molecule has 0 aliphatic carbocycles. The lowest BCUT2D eigenvalue weighted by Gasteiger charge is -2.31. The van der Waals surface area contributed by atoms with Crippen molar-refractivity contribution in [3.63, 3.8) is 0 Å². The van der Waals surface area contributed by atoms with E-state index in [1.54, 1.807) is 6.92 Å². The highest BCUT2D eigenvalue weighted by molar-refractivity contribution is 5.82. The first kappa shape index (κ1) is 14.9. The maximum absolute atomic E-state index is 11.9. The first-order valence-electron chi connectivity index (χ1n) is 5.69. The van der Waals surface area contributed by atoms with Crippen LogP contribution in [0.25, 0.3) is 0 Å². The van der Waals surface area contributed by atoms with Crippen molar-refractivity contribution in [2.45, 2.75) is 25.0 Å². The quantitative estimate of drug-likeness (QED) is 0.663. The lowest BCUT2D eigenvalue weighted by atomic mass is 9.98. The SMILES string of the molecule is COCC(C)(CC(=O)O)NC(=O)C1COCCO1. The largest absolute Gasteiger partial charge is 0.481 e. The van der Waals surface area contributed by atoms with Crippen molar-refractivity contribution in [3.8, 4) is 0 Å². The molecule has 104 valence electrons. The van der Waals surface area contributed by atoms with Crippen LogP contribution < -0.4 is 5.32 Å². The van der Waals surface area contributed by atoms with Crippen molar-refractivity contribution < 1.29 is 28.9 Å². The molecular weight excluding hydrogens is 242 g/mol. The average molecular weight is 261 g/mol. The Bertz CT molecular complexity index is 302. The number of ether oxygens (including phenoxy) is 3. The molecule has 1 fully saturated rings. The van der Waals surface area contributed by atoms with Gasteiger partial charge in [-0.25, -0.2) is 0 Å². The Balaban J connectivity index is 2.58. The number of methoxy groups -OCH3 is 1. The minimum Gasteiger partial charge on any atom is -0.481 e. The Morgan fingerprint density at radius 2 is 2.22 bits per heavy atom. The second kappa shape index (κ2) is 6.67. The van der Waals surface area contributed by atoms with Gasteiger partial charge in [0.05, 0.1) is 38.4 Å². The summed E-state index contributed by atoms with van der Waals surface area (Å²) in [5.74, 6) is -1.38. The number of carbonyl (C=O) groups excluding carboxylic acids is 1. The number of aliphatic carboxylic acids is 1. The number of carboxylic acids is 1. The van der Waals surface area contributed by atoms with Gasteiger partial charge in [0, 0.05) is 7.11 Å². The second-order valence-electron chi connectivity index (χ2n) is 4.49. The zero-order chi connectivity index (χ0) is 13.6. The third-order valence-electron chi connectivity index (χ3n) is 2.54. The summed E-state index contributed by atoms with van der Waals surface area (Å²) < 4.78 is 15.3. The van der Waals surface area contributed by atoms with E-state index in [1.807, 2.05) is 0 Å². The first-order valence-corrected chi connectivity index (χ1v) is 5.69. The summed E-state index contributed by atoms with van der Waals surface area (Å²) in [7, 11) is 1.45. The molecule has 0 radical (unpaired) electrons. The lowest BCUT2D eigenvalue weighted by Crippen LogP contribution is -2.55. The average Bonchev–Trinajstić information content (AvgIpc) is 2.28. The summed E-state index contributed by atoms with van der Waals surface area (Å²) in [4.78, 5) is 22.7. The van der Waals surface area contributed by atoms with Crippen LogP contribution in [0, 0.1) is 0 Å². The van der Waals surface area contributed by atoms with Gasteiger partial charge in [0.1, 0.15) is 0 Å². The Morgan fingerprint density at radius 3 is 2.72 bits per heavy atom. The Morgan fingerprint density at radius 1 is 1.50 bits per heavy atom. The summed E-state index contributed by atoms with van der Waals surface area (Å²) in [5.41, 5.74) is -0.960. The van der Waals surface area contributed by atoms with Crippen molar-refractivity contribution in [1.29, 1.82) is 0 Å². The van der Waals surface area contributed by atoms with Crippen LogP contribution in [-0.2, 0) is 23.8 Å². The highest BCUT2D eigenvalue weighted by Crippen LogP contribution is 2.12. The molecule has 2 atom stereocenters. The zero-order valence-electron chi connectivity index (χ0n) is 10.6. The van der Waals surface area contributed by atoms with Crippen LogP contribution in [0.4, 0.5) is 0 Å². The molecule has 0 bridgehead atoms. The molecule has 1 amide bonds. The molecule has 0 spiro atoms. The third kappa shape index (κ3) is 4.59. The van der Waals surface area contributed by atoms with Gasteiger partial charge in [-0.1, -0.05) is 0 Å². The van der Waals surface area contributed by atoms with E-state index < -0.39 is 17.6 Å². The molecule has 2 N–H and O–H groups in total. The van der Waals surface area contributed by atoms with Gasteiger partial charge >= 0.3 is 5.97 Å². The van der Waals surface area contributed by atoms with Gasteiger partial charge < -0.3 is 24.6 Å². The van der Waals surface area contributed by atoms with E-state index in [4.69, 9.17) is 19.3 Å². The van der Waals surface area contributed by atoms with Crippen LogP contribution in [0.15, 0.2) is 0 Å². The molecule has 1 heterocycles. The van der Waals surface area contributed by atoms with Gasteiger partial charge in [0.15, 0.2) is 6.10 Å². The maximum atomic E-state index is 11.9. The summed E-state index contributed by atoms with van der Waals surface area (Å²) >= 11 is 0. The minimum atomic E-state index is -1.00. The van der Waals surface area contributed by atoms with Gasteiger partial charge in [-0.3, -0.25) is 9.59 Å². The summed E-state index contributed by atoms with van der Waals surface area (Å²) in [6.45, 7) is 2.74. The molecule has 1 aliphatic heterocycles. The molecule has 0 aromatic carbocycles. The van der Waals surface area contributed by atoms with Crippen LogP contribution in [0.3, 0.4) is 0 Å². The number of carboxylic acid groups (broad SMARTS) is 1. The van der Waals surface area contributed by atoms with E-state index in [-0.39, 0.29) is 25.5 Å². The molecule has 0 aromatic rings. The molecule has 7 nitrogen and oxygen atoms in total. The molecule has 1 rings (SSSR count). The minimum absolute atomic E-state index is 0.110. The highest BCUT2D eigenvalue weighted by Gasteiger charge is 2.33. The smallest absolute Gasteiger partial charge is 0.305 e. The molecule has 1 saturated heterocycles. The number of amides is 1. The Labute approximate surface area is 105 Å². The molecular formula is C11H19NO6. The van der Waals surface area contributed by atoms with E-state index in [1.165, 1.54) is 7.11 Å². The Hall–Kier alpha value is -1.18. The fourth-order valence-electron chi connectivity index (χ4n) is 1.80. The van der Waals surface area contributed by atoms with Gasteiger partial charge in [-0.2, -0.15) is 0 Å². The number of carbonyl (C=O) groups is 2.